The van der Waals surface area contributed by atoms with Crippen molar-refractivity contribution in [3.8, 4) is 6.01 Å². The maximum Gasteiger partial charge on any atom is 0.316 e. The molecule has 1 heterocycles. The summed E-state index contributed by atoms with van der Waals surface area (Å²) in [6.45, 7) is 7.56. The Kier molecular flexibility index (Phi) is 4.65. The molecule has 118 valence electrons. The number of benzene rings is 1. The number of sulfonamides is 1. The first-order valence-electron chi connectivity index (χ1n) is 6.91. The van der Waals surface area contributed by atoms with Crippen LogP contribution in [0.15, 0.2) is 29.2 Å². The van der Waals surface area contributed by atoms with Crippen LogP contribution in [0.3, 0.4) is 0 Å². The van der Waals surface area contributed by atoms with E-state index >= 15 is 0 Å². The number of nitrogens with zero attached hydrogens (tertiary/aromatic N) is 2. The molecule has 1 N–H and O–H groups in total. The van der Waals surface area contributed by atoms with Crippen LogP contribution < -0.4 is 9.46 Å². The van der Waals surface area contributed by atoms with Crippen molar-refractivity contribution in [2.75, 3.05) is 11.3 Å². The molecule has 0 saturated heterocycles. The van der Waals surface area contributed by atoms with Crippen LogP contribution in [0.2, 0.25) is 0 Å². The molecule has 0 saturated carbocycles. The largest absolute Gasteiger partial charge is 0.464 e. The van der Waals surface area contributed by atoms with Crippen molar-refractivity contribution in [1.82, 2.24) is 9.97 Å². The summed E-state index contributed by atoms with van der Waals surface area (Å²) in [4.78, 5) is 8.53. The average molecular weight is 321 g/mol. The summed E-state index contributed by atoms with van der Waals surface area (Å²) in [7, 11) is -3.68. The number of rotatable bonds is 5. The molecule has 0 atom stereocenters. The van der Waals surface area contributed by atoms with Gasteiger partial charge < -0.3 is 4.74 Å². The van der Waals surface area contributed by atoms with Gasteiger partial charge >= 0.3 is 6.01 Å². The van der Waals surface area contributed by atoms with E-state index in [-0.39, 0.29) is 10.9 Å². The number of nitrogens with one attached hydrogen (secondary N) is 1. The highest BCUT2D eigenvalue weighted by molar-refractivity contribution is 7.92. The van der Waals surface area contributed by atoms with E-state index < -0.39 is 10.0 Å². The van der Waals surface area contributed by atoms with Crippen molar-refractivity contribution in [3.63, 3.8) is 0 Å². The predicted octanol–water partition coefficient (Wildman–Crippen LogP) is 2.60. The Balaban J connectivity index is 2.38. The fourth-order valence-electron chi connectivity index (χ4n) is 2.00. The molecule has 1 aromatic carbocycles. The van der Waals surface area contributed by atoms with Crippen LogP contribution in [-0.4, -0.2) is 25.0 Å². The van der Waals surface area contributed by atoms with Crippen LogP contribution in [-0.2, 0) is 10.0 Å². The zero-order valence-corrected chi connectivity index (χ0v) is 13.9. The Morgan fingerprint density at radius 2 is 1.77 bits per heavy atom. The lowest BCUT2D eigenvalue weighted by Gasteiger charge is -2.13. The van der Waals surface area contributed by atoms with E-state index in [9.17, 15) is 8.42 Å². The van der Waals surface area contributed by atoms with Gasteiger partial charge in [-0.05, 0) is 45.4 Å². The number of aryl methyl sites for hydroxylation is 3. The Hall–Kier alpha value is -2.15. The van der Waals surface area contributed by atoms with Crippen LogP contribution in [0.25, 0.3) is 0 Å². The van der Waals surface area contributed by atoms with E-state index in [1.54, 1.807) is 32.0 Å². The molecule has 1 aromatic heterocycles. The zero-order chi connectivity index (χ0) is 16.3. The number of hydrogen-bond acceptors (Lipinski definition) is 5. The van der Waals surface area contributed by atoms with Gasteiger partial charge in [-0.25, -0.2) is 8.42 Å². The molecule has 22 heavy (non-hydrogen) atoms. The van der Waals surface area contributed by atoms with Gasteiger partial charge in [0.15, 0.2) is 0 Å². The molecule has 6 nitrogen and oxygen atoms in total. The van der Waals surface area contributed by atoms with E-state index in [1.807, 2.05) is 19.9 Å². The van der Waals surface area contributed by atoms with Gasteiger partial charge in [0.25, 0.3) is 10.0 Å². The normalized spacial score (nSPS) is 11.3. The number of aromatic nitrogens is 2. The van der Waals surface area contributed by atoms with Gasteiger partial charge in [-0.1, -0.05) is 12.1 Å². The molecular weight excluding hydrogens is 302 g/mol. The van der Waals surface area contributed by atoms with E-state index in [4.69, 9.17) is 4.74 Å². The van der Waals surface area contributed by atoms with Gasteiger partial charge in [0.05, 0.1) is 28.6 Å². The second-order valence-electron chi connectivity index (χ2n) is 4.91. The van der Waals surface area contributed by atoms with Gasteiger partial charge in [-0.3, -0.25) is 4.72 Å². The maximum atomic E-state index is 12.5. The Labute approximate surface area is 130 Å². The summed E-state index contributed by atoms with van der Waals surface area (Å²) in [6.07, 6.45) is 0. The van der Waals surface area contributed by atoms with Crippen molar-refractivity contribution >= 4 is 15.7 Å². The number of anilines is 1. The lowest BCUT2D eigenvalue weighted by molar-refractivity contribution is 0.311. The first-order valence-corrected chi connectivity index (χ1v) is 8.39. The first-order chi connectivity index (χ1) is 10.3. The highest BCUT2D eigenvalue weighted by Crippen LogP contribution is 2.23. The summed E-state index contributed by atoms with van der Waals surface area (Å²) in [5, 5.41) is 0. The Morgan fingerprint density at radius 1 is 1.14 bits per heavy atom. The Bertz CT molecular complexity index is 765. The second kappa shape index (κ2) is 6.31. The maximum absolute atomic E-state index is 12.5. The summed E-state index contributed by atoms with van der Waals surface area (Å²) in [5.74, 6) is 0. The topological polar surface area (TPSA) is 81.2 Å². The van der Waals surface area contributed by atoms with Gasteiger partial charge in [0.1, 0.15) is 0 Å². The van der Waals surface area contributed by atoms with Gasteiger partial charge in [0.2, 0.25) is 0 Å². The van der Waals surface area contributed by atoms with Crippen molar-refractivity contribution in [3.05, 3.63) is 41.2 Å². The quantitative estimate of drug-likeness (QED) is 0.915. The average Bonchev–Trinajstić information content (AvgIpc) is 2.43. The van der Waals surface area contributed by atoms with Crippen LogP contribution in [0.4, 0.5) is 5.69 Å². The predicted molar refractivity (Wildman–Crippen MR) is 84.7 cm³/mol. The Morgan fingerprint density at radius 3 is 2.32 bits per heavy atom. The first kappa shape index (κ1) is 16.2. The SMILES string of the molecule is CCOc1nc(C)c(NS(=O)(=O)c2cccc(C)c2)c(C)n1. The monoisotopic (exact) mass is 321 g/mol. The van der Waals surface area contributed by atoms with Crippen LogP contribution >= 0.6 is 0 Å². The van der Waals surface area contributed by atoms with E-state index in [0.29, 0.717) is 23.7 Å². The fraction of sp³-hybridized carbons (Fsp3) is 0.333. The molecule has 0 fully saturated rings. The molecule has 0 spiro atoms. The molecule has 7 heteroatoms. The highest BCUT2D eigenvalue weighted by Gasteiger charge is 2.18. The highest BCUT2D eigenvalue weighted by atomic mass is 32.2. The molecule has 0 amide bonds. The number of ether oxygens (including phenoxy) is 1. The van der Waals surface area contributed by atoms with Crippen molar-refractivity contribution in [2.45, 2.75) is 32.6 Å². The molecule has 0 unspecified atom stereocenters. The summed E-state index contributed by atoms with van der Waals surface area (Å²) in [6, 6.07) is 6.96. The van der Waals surface area contributed by atoms with E-state index in [2.05, 4.69) is 14.7 Å². The lowest BCUT2D eigenvalue weighted by atomic mass is 10.2. The summed E-state index contributed by atoms with van der Waals surface area (Å²) in [5.41, 5.74) is 2.29. The summed E-state index contributed by atoms with van der Waals surface area (Å²) < 4.78 is 32.8. The van der Waals surface area contributed by atoms with E-state index in [0.717, 1.165) is 5.56 Å². The second-order valence-corrected chi connectivity index (χ2v) is 6.59. The summed E-state index contributed by atoms with van der Waals surface area (Å²) >= 11 is 0. The molecular formula is C15H19N3O3S. The minimum Gasteiger partial charge on any atom is -0.464 e. The minimum absolute atomic E-state index is 0.209. The van der Waals surface area contributed by atoms with E-state index in [1.165, 1.54) is 0 Å². The molecule has 0 aliphatic carbocycles. The third-order valence-electron chi connectivity index (χ3n) is 3.06. The van der Waals surface area contributed by atoms with Crippen molar-refractivity contribution in [2.24, 2.45) is 0 Å². The molecule has 0 bridgehead atoms. The molecule has 0 aliphatic heterocycles. The molecule has 2 aromatic rings. The molecule has 2 rings (SSSR count). The number of hydrogen-bond donors (Lipinski definition) is 1. The molecule has 0 radical (unpaired) electrons. The minimum atomic E-state index is -3.68. The smallest absolute Gasteiger partial charge is 0.316 e. The standard InChI is InChI=1S/C15H19N3O3S/c1-5-21-15-16-11(3)14(12(4)17-15)18-22(19,20)13-8-6-7-10(2)9-13/h6-9,18H,5H2,1-4H3. The van der Waals surface area contributed by atoms with Crippen LogP contribution in [0.1, 0.15) is 23.9 Å². The van der Waals surface area contributed by atoms with Gasteiger partial charge in [-0.2, -0.15) is 9.97 Å². The van der Waals surface area contributed by atoms with Crippen molar-refractivity contribution in [1.29, 1.82) is 0 Å². The van der Waals surface area contributed by atoms with Crippen LogP contribution in [0, 0.1) is 20.8 Å². The lowest BCUT2D eigenvalue weighted by Crippen LogP contribution is -2.16. The van der Waals surface area contributed by atoms with Crippen molar-refractivity contribution < 1.29 is 13.2 Å². The fourth-order valence-corrected chi connectivity index (χ4v) is 3.28. The van der Waals surface area contributed by atoms with Crippen LogP contribution in [0.5, 0.6) is 6.01 Å². The third kappa shape index (κ3) is 3.54. The zero-order valence-electron chi connectivity index (χ0n) is 13.0. The van der Waals surface area contributed by atoms with Gasteiger partial charge in [0, 0.05) is 0 Å². The molecule has 0 aliphatic rings. The third-order valence-corrected chi connectivity index (χ3v) is 4.41. The van der Waals surface area contributed by atoms with Gasteiger partial charge in [-0.15, -0.1) is 0 Å².